The Balaban J connectivity index is 0. The lowest BCUT2D eigenvalue weighted by molar-refractivity contribution is 0.459. The van der Waals surface area contributed by atoms with E-state index in [0.29, 0.717) is 0 Å². The molecule has 0 spiro atoms. The van der Waals surface area contributed by atoms with Gasteiger partial charge in [-0.3, -0.25) is 0 Å². The lowest BCUT2D eigenvalue weighted by Crippen LogP contribution is -2.05. The van der Waals surface area contributed by atoms with Gasteiger partial charge in [-0.1, -0.05) is 78.1 Å². The summed E-state index contributed by atoms with van der Waals surface area (Å²) in [5, 5.41) is 0. The third kappa shape index (κ3) is 16.2. The zero-order valence-corrected chi connectivity index (χ0v) is 12.9. The molecule has 2 N–H and O–H groups in total. The summed E-state index contributed by atoms with van der Waals surface area (Å²) in [7, 11) is 0. The standard InChI is InChI=1S/C15H33N.ClH/c1-3-4-5-6-7-8-9-10-11-12-15(2)13-14-16;/h15H,3-14,16H2,1-2H3;1H. The molecular weight excluding hydrogens is 230 g/mol. The summed E-state index contributed by atoms with van der Waals surface area (Å²) >= 11 is 0. The van der Waals surface area contributed by atoms with Crippen molar-refractivity contribution in [2.75, 3.05) is 6.54 Å². The van der Waals surface area contributed by atoms with E-state index in [-0.39, 0.29) is 12.4 Å². The quantitative estimate of drug-likeness (QED) is 0.474. The minimum atomic E-state index is 0. The zero-order valence-electron chi connectivity index (χ0n) is 12.0. The highest BCUT2D eigenvalue weighted by molar-refractivity contribution is 5.85. The van der Waals surface area contributed by atoms with E-state index in [9.17, 15) is 0 Å². The first kappa shape index (κ1) is 19.6. The molecule has 0 aliphatic heterocycles. The van der Waals surface area contributed by atoms with Crippen LogP contribution < -0.4 is 5.73 Å². The SMILES string of the molecule is CCCCCCCCCCCC(C)CCN.Cl. The monoisotopic (exact) mass is 263 g/mol. The fourth-order valence-corrected chi connectivity index (χ4v) is 2.23. The molecule has 0 radical (unpaired) electrons. The van der Waals surface area contributed by atoms with E-state index < -0.39 is 0 Å². The van der Waals surface area contributed by atoms with Crippen molar-refractivity contribution in [3.05, 3.63) is 0 Å². The topological polar surface area (TPSA) is 26.0 Å². The van der Waals surface area contributed by atoms with E-state index in [4.69, 9.17) is 5.73 Å². The van der Waals surface area contributed by atoms with Crippen molar-refractivity contribution in [2.45, 2.75) is 84.5 Å². The van der Waals surface area contributed by atoms with Gasteiger partial charge in [-0.15, -0.1) is 12.4 Å². The molecule has 0 aliphatic rings. The second-order valence-corrected chi connectivity index (χ2v) is 5.30. The molecule has 1 nitrogen and oxygen atoms in total. The molecule has 1 unspecified atom stereocenters. The maximum absolute atomic E-state index is 5.54. The molecule has 1 atom stereocenters. The van der Waals surface area contributed by atoms with Crippen LogP contribution in [0.5, 0.6) is 0 Å². The zero-order chi connectivity index (χ0) is 12.1. The van der Waals surface area contributed by atoms with E-state index in [0.717, 1.165) is 12.5 Å². The summed E-state index contributed by atoms with van der Waals surface area (Å²) < 4.78 is 0. The Morgan fingerprint density at radius 1 is 0.765 bits per heavy atom. The smallest absolute Gasteiger partial charge is 0.00747 e. The lowest BCUT2D eigenvalue weighted by Gasteiger charge is -2.09. The summed E-state index contributed by atoms with van der Waals surface area (Å²) in [5.41, 5.74) is 5.54. The van der Waals surface area contributed by atoms with E-state index >= 15 is 0 Å². The number of halogens is 1. The predicted octanol–water partition coefficient (Wildman–Crippen LogP) is 5.31. The van der Waals surface area contributed by atoms with Crippen LogP contribution in [0.3, 0.4) is 0 Å². The number of nitrogens with two attached hydrogens (primary N) is 1. The second kappa shape index (κ2) is 16.2. The van der Waals surface area contributed by atoms with E-state index in [2.05, 4.69) is 13.8 Å². The summed E-state index contributed by atoms with van der Waals surface area (Å²) in [5.74, 6) is 0.842. The van der Waals surface area contributed by atoms with Crippen LogP contribution in [0.25, 0.3) is 0 Å². The number of rotatable bonds is 12. The molecule has 0 aromatic heterocycles. The second-order valence-electron chi connectivity index (χ2n) is 5.30. The minimum Gasteiger partial charge on any atom is -0.330 e. The summed E-state index contributed by atoms with van der Waals surface area (Å²) in [6, 6.07) is 0. The maximum atomic E-state index is 5.54. The number of hydrogen-bond acceptors (Lipinski definition) is 1. The van der Waals surface area contributed by atoms with Crippen LogP contribution in [0.1, 0.15) is 84.5 Å². The van der Waals surface area contributed by atoms with E-state index in [1.807, 2.05) is 0 Å². The van der Waals surface area contributed by atoms with Gasteiger partial charge in [0.1, 0.15) is 0 Å². The van der Waals surface area contributed by atoms with Crippen LogP contribution in [0.15, 0.2) is 0 Å². The van der Waals surface area contributed by atoms with E-state index in [1.165, 1.54) is 70.6 Å². The van der Waals surface area contributed by atoms with Crippen LogP contribution >= 0.6 is 12.4 Å². The fourth-order valence-electron chi connectivity index (χ4n) is 2.23. The normalized spacial score (nSPS) is 12.2. The highest BCUT2D eigenvalue weighted by atomic mass is 35.5. The van der Waals surface area contributed by atoms with E-state index in [1.54, 1.807) is 0 Å². The lowest BCUT2D eigenvalue weighted by atomic mass is 9.99. The predicted molar refractivity (Wildman–Crippen MR) is 81.9 cm³/mol. The van der Waals surface area contributed by atoms with Gasteiger partial charge in [0.05, 0.1) is 0 Å². The first-order chi connectivity index (χ1) is 7.81. The van der Waals surface area contributed by atoms with Gasteiger partial charge >= 0.3 is 0 Å². The average Bonchev–Trinajstić information content (AvgIpc) is 2.27. The number of unbranched alkanes of at least 4 members (excludes halogenated alkanes) is 8. The largest absolute Gasteiger partial charge is 0.330 e. The molecule has 0 fully saturated rings. The molecule has 17 heavy (non-hydrogen) atoms. The molecule has 0 rings (SSSR count). The average molecular weight is 264 g/mol. The molecule has 0 amide bonds. The first-order valence-corrected chi connectivity index (χ1v) is 7.51. The van der Waals surface area contributed by atoms with Gasteiger partial charge in [0.2, 0.25) is 0 Å². The Labute approximate surface area is 115 Å². The number of hydrogen-bond donors (Lipinski definition) is 1. The molecule has 0 aromatic carbocycles. The van der Waals surface area contributed by atoms with Crippen molar-refractivity contribution in [2.24, 2.45) is 11.7 Å². The Kier molecular flexibility index (Phi) is 18.7. The Morgan fingerprint density at radius 3 is 1.71 bits per heavy atom. The molecular formula is C15H34ClN. The van der Waals surface area contributed by atoms with Gasteiger partial charge in [0.25, 0.3) is 0 Å². The van der Waals surface area contributed by atoms with Gasteiger partial charge in [-0.25, -0.2) is 0 Å². The van der Waals surface area contributed by atoms with Crippen molar-refractivity contribution in [1.82, 2.24) is 0 Å². The van der Waals surface area contributed by atoms with Gasteiger partial charge in [0, 0.05) is 0 Å². The summed E-state index contributed by atoms with van der Waals surface area (Å²) in [6.07, 6.45) is 15.5. The van der Waals surface area contributed by atoms with Crippen molar-refractivity contribution < 1.29 is 0 Å². The van der Waals surface area contributed by atoms with Crippen molar-refractivity contribution in [1.29, 1.82) is 0 Å². The molecule has 2 heteroatoms. The molecule has 0 aliphatic carbocycles. The minimum absolute atomic E-state index is 0. The van der Waals surface area contributed by atoms with Crippen molar-refractivity contribution in [3.8, 4) is 0 Å². The molecule has 0 aromatic rings. The van der Waals surface area contributed by atoms with Crippen LogP contribution in [0.2, 0.25) is 0 Å². The van der Waals surface area contributed by atoms with Crippen molar-refractivity contribution >= 4 is 12.4 Å². The van der Waals surface area contributed by atoms with Crippen LogP contribution in [0.4, 0.5) is 0 Å². The Bertz CT molecular complexity index is 128. The van der Waals surface area contributed by atoms with Crippen LogP contribution in [0, 0.1) is 5.92 Å². The van der Waals surface area contributed by atoms with Crippen LogP contribution in [-0.4, -0.2) is 6.54 Å². The third-order valence-electron chi connectivity index (χ3n) is 3.46. The molecule has 0 heterocycles. The van der Waals surface area contributed by atoms with Gasteiger partial charge in [-0.05, 0) is 18.9 Å². The molecule has 0 bridgehead atoms. The highest BCUT2D eigenvalue weighted by Gasteiger charge is 1.99. The summed E-state index contributed by atoms with van der Waals surface area (Å²) in [4.78, 5) is 0. The third-order valence-corrected chi connectivity index (χ3v) is 3.46. The molecule has 0 saturated carbocycles. The Hall–Kier alpha value is 0.250. The maximum Gasteiger partial charge on any atom is -0.00747 e. The van der Waals surface area contributed by atoms with Gasteiger partial charge in [-0.2, -0.15) is 0 Å². The van der Waals surface area contributed by atoms with Gasteiger partial charge in [0.15, 0.2) is 0 Å². The summed E-state index contributed by atoms with van der Waals surface area (Å²) in [6.45, 7) is 5.47. The molecule has 106 valence electrons. The van der Waals surface area contributed by atoms with Crippen molar-refractivity contribution in [3.63, 3.8) is 0 Å². The van der Waals surface area contributed by atoms with Crippen LogP contribution in [-0.2, 0) is 0 Å². The molecule has 0 saturated heterocycles. The fraction of sp³-hybridized carbons (Fsp3) is 1.00. The Morgan fingerprint density at radius 2 is 1.24 bits per heavy atom. The highest BCUT2D eigenvalue weighted by Crippen LogP contribution is 2.14. The first-order valence-electron chi connectivity index (χ1n) is 7.51. The van der Waals surface area contributed by atoms with Gasteiger partial charge < -0.3 is 5.73 Å².